The maximum atomic E-state index is 13.7. The molecule has 0 saturated heterocycles. The van der Waals surface area contributed by atoms with Crippen LogP contribution in [0.5, 0.6) is 5.75 Å². The molecule has 0 saturated carbocycles. The van der Waals surface area contributed by atoms with Crippen molar-refractivity contribution >= 4 is 49.4 Å². The second kappa shape index (κ2) is 8.63. The largest absolute Gasteiger partial charge is 0.506 e. The average molecular weight is 595 g/mol. The van der Waals surface area contributed by atoms with Crippen molar-refractivity contribution in [2.75, 3.05) is 6.54 Å². The topological polar surface area (TPSA) is 94.9 Å². The Morgan fingerprint density at radius 3 is 1.94 bits per heavy atom. The zero-order valence-electron chi connectivity index (χ0n) is 19.8. The summed E-state index contributed by atoms with van der Waals surface area (Å²) in [5.74, 6) is -1.73. The third-order valence-electron chi connectivity index (χ3n) is 6.94. The van der Waals surface area contributed by atoms with E-state index in [2.05, 4.69) is 31.9 Å². The summed E-state index contributed by atoms with van der Waals surface area (Å²) in [6, 6.07) is 3.50. The minimum atomic E-state index is -0.928. The van der Waals surface area contributed by atoms with E-state index in [-0.39, 0.29) is 41.1 Å². The number of phenolic OH excluding ortho intramolecular Hbond substituents is 1. The van der Waals surface area contributed by atoms with Gasteiger partial charge in [0, 0.05) is 57.9 Å². The summed E-state index contributed by atoms with van der Waals surface area (Å²) in [6.45, 7) is 8.33. The molecule has 0 aromatic heterocycles. The Balaban J connectivity index is 2.04. The lowest BCUT2D eigenvalue weighted by Gasteiger charge is -2.49. The smallest absolute Gasteiger partial charge is 0.305 e. The highest BCUT2D eigenvalue weighted by Gasteiger charge is 2.49. The van der Waals surface area contributed by atoms with Crippen molar-refractivity contribution in [1.82, 2.24) is 4.90 Å². The number of phenols is 1. The molecule has 0 unspecified atom stereocenters. The number of hydrogen-bond acceptors (Lipinski definition) is 5. The molecule has 1 aliphatic heterocycles. The monoisotopic (exact) mass is 593 g/mol. The zero-order chi connectivity index (χ0) is 25.2. The lowest BCUT2D eigenvalue weighted by molar-refractivity contribution is -0.137. The number of hydrogen-bond donors (Lipinski definition) is 2. The van der Waals surface area contributed by atoms with Crippen LogP contribution in [-0.4, -0.2) is 39.2 Å². The number of ketones is 2. The van der Waals surface area contributed by atoms with E-state index in [1.54, 1.807) is 12.1 Å². The number of carboxylic acids is 1. The van der Waals surface area contributed by atoms with E-state index in [0.29, 0.717) is 46.9 Å². The van der Waals surface area contributed by atoms with Gasteiger partial charge in [0.1, 0.15) is 5.75 Å². The predicted octanol–water partition coefficient (Wildman–Crippen LogP) is 6.08. The lowest BCUT2D eigenvalue weighted by Crippen LogP contribution is -2.45. The Kier molecular flexibility index (Phi) is 6.39. The molecule has 0 fully saturated rings. The molecule has 8 heteroatoms. The Bertz CT molecular complexity index is 1120. The van der Waals surface area contributed by atoms with Crippen LogP contribution in [0.15, 0.2) is 43.6 Å². The van der Waals surface area contributed by atoms with Crippen LogP contribution in [0.3, 0.4) is 0 Å². The molecular formula is C26H29Br2NO5. The van der Waals surface area contributed by atoms with E-state index in [1.165, 1.54) is 0 Å². The number of carbonyl (C=O) groups is 3. The highest BCUT2D eigenvalue weighted by molar-refractivity contribution is 9.11. The van der Waals surface area contributed by atoms with Gasteiger partial charge in [0.15, 0.2) is 11.6 Å². The van der Waals surface area contributed by atoms with Gasteiger partial charge in [-0.3, -0.25) is 14.4 Å². The molecule has 182 valence electrons. The molecule has 1 heterocycles. The van der Waals surface area contributed by atoms with Crippen LogP contribution in [0, 0.1) is 10.8 Å². The number of halogens is 2. The zero-order valence-corrected chi connectivity index (χ0v) is 23.0. The predicted molar refractivity (Wildman–Crippen MR) is 135 cm³/mol. The van der Waals surface area contributed by atoms with Gasteiger partial charge in [-0.15, -0.1) is 0 Å². The van der Waals surface area contributed by atoms with E-state index in [4.69, 9.17) is 0 Å². The first-order chi connectivity index (χ1) is 15.7. The SMILES string of the molecule is CC1(C)CC(=O)C2=C(C1)N(CCC(=O)O)C1=C(C(=O)CC(C)(C)C1)C2c1cc(Br)cc(Br)c1O. The van der Waals surface area contributed by atoms with E-state index in [9.17, 15) is 24.6 Å². The molecule has 0 spiro atoms. The van der Waals surface area contributed by atoms with Gasteiger partial charge in [0.2, 0.25) is 0 Å². The molecule has 2 N–H and O–H groups in total. The first-order valence-corrected chi connectivity index (χ1v) is 13.0. The van der Waals surface area contributed by atoms with E-state index in [1.807, 2.05) is 32.6 Å². The van der Waals surface area contributed by atoms with Gasteiger partial charge in [-0.1, -0.05) is 43.6 Å². The molecule has 0 radical (unpaired) electrons. The molecule has 34 heavy (non-hydrogen) atoms. The summed E-state index contributed by atoms with van der Waals surface area (Å²) in [6.07, 6.45) is 1.73. The Morgan fingerprint density at radius 1 is 0.971 bits per heavy atom. The van der Waals surface area contributed by atoms with Crippen molar-refractivity contribution in [3.8, 4) is 5.75 Å². The quantitative estimate of drug-likeness (QED) is 0.439. The third kappa shape index (κ3) is 4.51. The van der Waals surface area contributed by atoms with Crippen LogP contribution in [0.4, 0.5) is 0 Å². The van der Waals surface area contributed by atoms with Crippen LogP contribution in [0.25, 0.3) is 0 Å². The fraction of sp³-hybridized carbons (Fsp3) is 0.500. The molecule has 3 aliphatic rings. The van der Waals surface area contributed by atoms with Gasteiger partial charge in [0.05, 0.1) is 10.9 Å². The highest BCUT2D eigenvalue weighted by Crippen LogP contribution is 2.56. The number of rotatable bonds is 4. The highest BCUT2D eigenvalue weighted by atomic mass is 79.9. The molecule has 0 amide bonds. The second-order valence-corrected chi connectivity index (χ2v) is 12.9. The molecule has 1 aromatic rings. The van der Waals surface area contributed by atoms with Crippen molar-refractivity contribution < 1.29 is 24.6 Å². The second-order valence-electron chi connectivity index (χ2n) is 11.2. The molecular weight excluding hydrogens is 566 g/mol. The van der Waals surface area contributed by atoms with Crippen molar-refractivity contribution in [1.29, 1.82) is 0 Å². The summed E-state index contributed by atoms with van der Waals surface area (Å²) in [5, 5.41) is 20.5. The minimum absolute atomic E-state index is 0.00107. The lowest BCUT2D eigenvalue weighted by atomic mass is 9.63. The first kappa shape index (κ1) is 25.2. The maximum absolute atomic E-state index is 13.7. The molecule has 2 aliphatic carbocycles. The first-order valence-electron chi connectivity index (χ1n) is 11.4. The summed E-state index contributed by atoms with van der Waals surface area (Å²) >= 11 is 6.89. The molecule has 0 atom stereocenters. The fourth-order valence-corrected chi connectivity index (χ4v) is 6.90. The van der Waals surface area contributed by atoms with Crippen LogP contribution >= 0.6 is 31.9 Å². The van der Waals surface area contributed by atoms with Gasteiger partial charge in [-0.2, -0.15) is 0 Å². The number of allylic oxidation sites excluding steroid dienone is 4. The van der Waals surface area contributed by atoms with Crippen molar-refractivity contribution in [3.05, 3.63) is 49.2 Å². The number of aliphatic carboxylic acids is 1. The van der Waals surface area contributed by atoms with E-state index in [0.717, 1.165) is 15.9 Å². The van der Waals surface area contributed by atoms with Crippen LogP contribution in [-0.2, 0) is 14.4 Å². The van der Waals surface area contributed by atoms with Gasteiger partial charge in [-0.25, -0.2) is 0 Å². The summed E-state index contributed by atoms with van der Waals surface area (Å²) in [5.41, 5.74) is 2.50. The van der Waals surface area contributed by atoms with Crippen LogP contribution < -0.4 is 0 Å². The van der Waals surface area contributed by atoms with Crippen molar-refractivity contribution in [3.63, 3.8) is 0 Å². The van der Waals surface area contributed by atoms with Gasteiger partial charge >= 0.3 is 5.97 Å². The van der Waals surface area contributed by atoms with Crippen molar-refractivity contribution in [2.24, 2.45) is 10.8 Å². The molecule has 4 rings (SSSR count). The van der Waals surface area contributed by atoms with Crippen LogP contribution in [0.2, 0.25) is 0 Å². The van der Waals surface area contributed by atoms with E-state index < -0.39 is 11.9 Å². The van der Waals surface area contributed by atoms with E-state index >= 15 is 0 Å². The standard InChI is InChI=1S/C26H29Br2NO5/c1-25(2)9-16-22(18(30)11-25)21(14-7-13(27)8-15(28)24(14)34)23-17(29(16)6-5-20(32)33)10-26(3,4)12-19(23)31/h7-8,21,34H,5-6,9-12H2,1-4H3,(H,32,33). The maximum Gasteiger partial charge on any atom is 0.305 e. The third-order valence-corrected chi connectivity index (χ3v) is 8.00. The summed E-state index contributed by atoms with van der Waals surface area (Å²) in [4.78, 5) is 40.8. The Morgan fingerprint density at radius 2 is 1.47 bits per heavy atom. The van der Waals surface area contributed by atoms with Gasteiger partial charge in [-0.05, 0) is 51.7 Å². The number of carboxylic acid groups (broad SMARTS) is 1. The summed E-state index contributed by atoms with van der Waals surface area (Å²) < 4.78 is 1.19. The number of carbonyl (C=O) groups excluding carboxylic acids is 2. The number of benzene rings is 1. The Hall–Kier alpha value is -1.93. The molecule has 0 bridgehead atoms. The van der Waals surface area contributed by atoms with Gasteiger partial charge < -0.3 is 15.1 Å². The average Bonchev–Trinajstić information content (AvgIpc) is 2.66. The minimum Gasteiger partial charge on any atom is -0.506 e. The number of nitrogens with zero attached hydrogens (tertiary/aromatic N) is 1. The number of Topliss-reactive ketones (excluding diaryl/α,β-unsaturated/α-hetero) is 2. The molecule has 1 aromatic carbocycles. The van der Waals surface area contributed by atoms with Gasteiger partial charge in [0.25, 0.3) is 0 Å². The molecule has 6 nitrogen and oxygen atoms in total. The van der Waals surface area contributed by atoms with Crippen molar-refractivity contribution in [2.45, 2.75) is 65.7 Å². The Labute approximate surface area is 216 Å². The normalized spacial score (nSPS) is 22.1. The fourth-order valence-electron chi connectivity index (χ4n) is 5.64. The summed E-state index contributed by atoms with van der Waals surface area (Å²) in [7, 11) is 0. The van der Waals surface area contributed by atoms with Crippen LogP contribution in [0.1, 0.15) is 71.3 Å². The number of aromatic hydroxyl groups is 1.